The van der Waals surface area contributed by atoms with Crippen LogP contribution < -0.4 is 0 Å². The minimum atomic E-state index is -0.309. The summed E-state index contributed by atoms with van der Waals surface area (Å²) in [7, 11) is 1.82. The second kappa shape index (κ2) is 5.10. The lowest BCUT2D eigenvalue weighted by molar-refractivity contribution is 0.620. The van der Waals surface area contributed by atoms with Crippen molar-refractivity contribution in [2.24, 2.45) is 7.05 Å². The molecule has 3 rings (SSSR count). The lowest BCUT2D eigenvalue weighted by Gasteiger charge is -2.03. The van der Waals surface area contributed by atoms with Crippen molar-refractivity contribution >= 4 is 39.2 Å². The highest BCUT2D eigenvalue weighted by molar-refractivity contribution is 9.10. The molecule has 0 atom stereocenters. The lowest BCUT2D eigenvalue weighted by atomic mass is 10.3. The average Bonchev–Trinajstić information content (AvgIpc) is 2.92. The molecule has 0 amide bonds. The van der Waals surface area contributed by atoms with Gasteiger partial charge >= 0.3 is 0 Å². The van der Waals surface area contributed by atoms with Gasteiger partial charge in [0.05, 0.1) is 15.5 Å². The molecular formula is C12H11BrFN5S. The molecule has 2 aromatic heterocycles. The molecule has 104 valence electrons. The number of hydrogen-bond donors (Lipinski definition) is 1. The van der Waals surface area contributed by atoms with Crippen LogP contribution >= 0.6 is 28.1 Å². The molecule has 0 aliphatic rings. The monoisotopic (exact) mass is 355 g/mol. The van der Waals surface area contributed by atoms with E-state index in [1.54, 1.807) is 17.1 Å². The van der Waals surface area contributed by atoms with E-state index >= 15 is 0 Å². The Labute approximate surface area is 127 Å². The van der Waals surface area contributed by atoms with Gasteiger partial charge in [0, 0.05) is 26.1 Å². The summed E-state index contributed by atoms with van der Waals surface area (Å²) in [6.45, 7) is 0.601. The van der Waals surface area contributed by atoms with Crippen LogP contribution in [0.1, 0.15) is 5.82 Å². The number of nitrogens with zero attached hydrogens (tertiary/aromatic N) is 4. The largest absolute Gasteiger partial charge is 0.331 e. The smallest absolute Gasteiger partial charge is 0.178 e. The van der Waals surface area contributed by atoms with Gasteiger partial charge in [0.25, 0.3) is 0 Å². The molecule has 1 aromatic carbocycles. The number of imidazole rings is 1. The first-order valence-electron chi connectivity index (χ1n) is 5.96. The highest BCUT2D eigenvalue weighted by Gasteiger charge is 2.09. The standard InChI is InChI=1S/C12H11BrFN5S/c1-18-6-15-11(17-18)2-3-19-10-5-8(14)7(13)4-9(10)16-12(19)20/h4-6H,2-3H2,1H3,(H,16,20). The van der Waals surface area contributed by atoms with Crippen molar-refractivity contribution in [2.45, 2.75) is 13.0 Å². The van der Waals surface area contributed by atoms with E-state index in [0.717, 1.165) is 16.9 Å². The first kappa shape index (κ1) is 13.4. The van der Waals surface area contributed by atoms with Crippen LogP contribution in [0.2, 0.25) is 0 Å². The van der Waals surface area contributed by atoms with Gasteiger partial charge in [-0.25, -0.2) is 9.37 Å². The minimum absolute atomic E-state index is 0.309. The number of rotatable bonds is 3. The van der Waals surface area contributed by atoms with Gasteiger partial charge in [0.2, 0.25) is 0 Å². The van der Waals surface area contributed by atoms with Crippen LogP contribution in [0.5, 0.6) is 0 Å². The SMILES string of the molecule is Cn1cnc(CCn2c(=S)[nH]c3cc(Br)c(F)cc32)n1. The predicted octanol–water partition coefficient (Wildman–Crippen LogP) is 2.97. The summed E-state index contributed by atoms with van der Waals surface area (Å²) in [5, 5.41) is 4.22. The summed E-state index contributed by atoms with van der Waals surface area (Å²) in [6.07, 6.45) is 2.29. The molecule has 0 fully saturated rings. The zero-order chi connectivity index (χ0) is 14.3. The van der Waals surface area contributed by atoms with Gasteiger partial charge in [-0.1, -0.05) is 0 Å². The van der Waals surface area contributed by atoms with Crippen LogP contribution in [-0.2, 0) is 20.0 Å². The third kappa shape index (κ3) is 2.40. The van der Waals surface area contributed by atoms with Crippen molar-refractivity contribution in [3.05, 3.63) is 39.3 Å². The maximum atomic E-state index is 13.7. The van der Waals surface area contributed by atoms with Crippen molar-refractivity contribution in [2.75, 3.05) is 0 Å². The van der Waals surface area contributed by atoms with Crippen LogP contribution in [0.3, 0.4) is 0 Å². The maximum Gasteiger partial charge on any atom is 0.178 e. The molecule has 0 spiro atoms. The molecule has 3 aromatic rings. The fraction of sp³-hybridized carbons (Fsp3) is 0.250. The Morgan fingerprint density at radius 3 is 2.95 bits per heavy atom. The van der Waals surface area contributed by atoms with E-state index in [-0.39, 0.29) is 5.82 Å². The first-order valence-corrected chi connectivity index (χ1v) is 7.17. The second-order valence-corrected chi connectivity index (χ2v) is 5.69. The predicted molar refractivity (Wildman–Crippen MR) is 79.5 cm³/mol. The number of fused-ring (bicyclic) bond motifs is 1. The zero-order valence-electron chi connectivity index (χ0n) is 10.6. The summed E-state index contributed by atoms with van der Waals surface area (Å²) in [4.78, 5) is 7.24. The Hall–Kier alpha value is -1.54. The van der Waals surface area contributed by atoms with Gasteiger partial charge in [-0.05, 0) is 34.2 Å². The molecule has 0 bridgehead atoms. The van der Waals surface area contributed by atoms with Crippen molar-refractivity contribution in [1.82, 2.24) is 24.3 Å². The number of aryl methyl sites for hydroxylation is 3. The van der Waals surface area contributed by atoms with E-state index in [0.29, 0.717) is 22.2 Å². The van der Waals surface area contributed by atoms with Crippen LogP contribution in [0, 0.1) is 10.6 Å². The topological polar surface area (TPSA) is 51.4 Å². The highest BCUT2D eigenvalue weighted by Crippen LogP contribution is 2.23. The fourth-order valence-corrected chi connectivity index (χ4v) is 2.73. The van der Waals surface area contributed by atoms with Gasteiger partial charge in [0.1, 0.15) is 12.1 Å². The molecule has 0 aliphatic carbocycles. The normalized spacial score (nSPS) is 11.3. The Balaban J connectivity index is 1.96. The number of aromatic amines is 1. The highest BCUT2D eigenvalue weighted by atomic mass is 79.9. The molecule has 2 heterocycles. The van der Waals surface area contributed by atoms with Gasteiger partial charge in [-0.3, -0.25) is 4.68 Å². The molecule has 0 radical (unpaired) electrons. The van der Waals surface area contributed by atoms with E-state index in [1.807, 2.05) is 11.6 Å². The van der Waals surface area contributed by atoms with E-state index in [1.165, 1.54) is 6.07 Å². The molecule has 0 unspecified atom stereocenters. The second-order valence-electron chi connectivity index (χ2n) is 4.45. The molecule has 8 heteroatoms. The van der Waals surface area contributed by atoms with Crippen molar-refractivity contribution in [3.8, 4) is 0 Å². The number of halogens is 2. The number of nitrogens with one attached hydrogen (secondary N) is 1. The molecule has 0 aliphatic heterocycles. The van der Waals surface area contributed by atoms with E-state index in [4.69, 9.17) is 12.2 Å². The number of H-pyrrole nitrogens is 1. The summed E-state index contributed by atoms with van der Waals surface area (Å²) in [5.41, 5.74) is 1.55. The zero-order valence-corrected chi connectivity index (χ0v) is 13.0. The van der Waals surface area contributed by atoms with Crippen LogP contribution in [0.25, 0.3) is 11.0 Å². The average molecular weight is 356 g/mol. The van der Waals surface area contributed by atoms with Crippen molar-refractivity contribution < 1.29 is 4.39 Å². The van der Waals surface area contributed by atoms with E-state index in [2.05, 4.69) is 31.0 Å². The van der Waals surface area contributed by atoms with E-state index in [9.17, 15) is 4.39 Å². The Morgan fingerprint density at radius 2 is 2.25 bits per heavy atom. The van der Waals surface area contributed by atoms with Crippen LogP contribution in [-0.4, -0.2) is 24.3 Å². The van der Waals surface area contributed by atoms with Crippen molar-refractivity contribution in [3.63, 3.8) is 0 Å². The number of aromatic nitrogens is 5. The fourth-order valence-electron chi connectivity index (χ4n) is 2.08. The Morgan fingerprint density at radius 1 is 1.45 bits per heavy atom. The van der Waals surface area contributed by atoms with Crippen molar-refractivity contribution in [1.29, 1.82) is 0 Å². The van der Waals surface area contributed by atoms with Crippen LogP contribution in [0.4, 0.5) is 4.39 Å². The summed E-state index contributed by atoms with van der Waals surface area (Å²) < 4.78 is 18.2. The van der Waals surface area contributed by atoms with Gasteiger partial charge in [-0.15, -0.1) is 0 Å². The van der Waals surface area contributed by atoms with Crippen LogP contribution in [0.15, 0.2) is 22.9 Å². The van der Waals surface area contributed by atoms with Gasteiger partial charge in [0.15, 0.2) is 10.6 Å². The molecule has 0 saturated carbocycles. The summed E-state index contributed by atoms with van der Waals surface area (Å²) >= 11 is 8.45. The molecular weight excluding hydrogens is 345 g/mol. The minimum Gasteiger partial charge on any atom is -0.331 e. The molecule has 20 heavy (non-hydrogen) atoms. The summed E-state index contributed by atoms with van der Waals surface area (Å²) in [6, 6.07) is 3.16. The molecule has 1 N–H and O–H groups in total. The number of benzene rings is 1. The third-order valence-corrected chi connectivity index (χ3v) is 3.95. The third-order valence-electron chi connectivity index (χ3n) is 3.02. The van der Waals surface area contributed by atoms with E-state index < -0.39 is 0 Å². The van der Waals surface area contributed by atoms with Gasteiger partial charge in [-0.2, -0.15) is 5.10 Å². The molecule has 5 nitrogen and oxygen atoms in total. The maximum absolute atomic E-state index is 13.7. The first-order chi connectivity index (χ1) is 9.54. The number of hydrogen-bond acceptors (Lipinski definition) is 3. The Bertz CT molecular complexity index is 834. The molecule has 0 saturated heterocycles. The Kier molecular flexibility index (Phi) is 3.43. The quantitative estimate of drug-likeness (QED) is 0.734. The van der Waals surface area contributed by atoms with Gasteiger partial charge < -0.3 is 9.55 Å². The lowest BCUT2D eigenvalue weighted by Crippen LogP contribution is -2.03. The summed E-state index contributed by atoms with van der Waals surface area (Å²) in [5.74, 6) is 0.428.